The van der Waals surface area contributed by atoms with Crippen molar-refractivity contribution in [3.8, 4) is 0 Å². The molecule has 0 aliphatic heterocycles. The molecule has 3 N–H and O–H groups in total. The van der Waals surface area contributed by atoms with Gasteiger partial charge in [-0.15, -0.1) is 0 Å². The molecule has 1 rings (SSSR count). The monoisotopic (exact) mass is 330 g/mol. The Kier molecular flexibility index (Phi) is 5.53. The minimum atomic E-state index is -0.257. The van der Waals surface area contributed by atoms with Crippen LogP contribution in [0.25, 0.3) is 0 Å². The fraction of sp³-hybridized carbons (Fsp3) is 0.600. The van der Waals surface area contributed by atoms with Gasteiger partial charge in [-0.2, -0.15) is 0 Å². The number of rotatable bonds is 6. The molecule has 0 radical (unpaired) electrons. The lowest BCUT2D eigenvalue weighted by molar-refractivity contribution is 0.409. The highest BCUT2D eigenvalue weighted by Gasteiger charge is 2.24. The van der Waals surface area contributed by atoms with Crippen molar-refractivity contribution in [2.45, 2.75) is 45.1 Å². The molecular formula is C15H24BrFN2. The van der Waals surface area contributed by atoms with Crippen LogP contribution in [0.3, 0.4) is 0 Å². The Labute approximate surface area is 124 Å². The van der Waals surface area contributed by atoms with Gasteiger partial charge in [0.25, 0.3) is 0 Å². The zero-order valence-electron chi connectivity index (χ0n) is 12.2. The number of halogens is 2. The van der Waals surface area contributed by atoms with E-state index in [1.54, 1.807) is 6.07 Å². The van der Waals surface area contributed by atoms with Crippen molar-refractivity contribution >= 4 is 15.9 Å². The largest absolute Gasteiger partial charge is 0.326 e. The Morgan fingerprint density at radius 3 is 2.47 bits per heavy atom. The molecule has 0 saturated heterocycles. The van der Waals surface area contributed by atoms with Crippen molar-refractivity contribution in [3.05, 3.63) is 34.1 Å². The van der Waals surface area contributed by atoms with Gasteiger partial charge in [-0.3, -0.25) is 0 Å². The minimum Gasteiger partial charge on any atom is -0.326 e. The zero-order chi connectivity index (χ0) is 14.7. The van der Waals surface area contributed by atoms with Crippen molar-refractivity contribution in [3.63, 3.8) is 0 Å². The molecule has 0 atom stereocenters. The molecule has 19 heavy (non-hydrogen) atoms. The third-order valence-corrected chi connectivity index (χ3v) is 3.66. The fourth-order valence-electron chi connectivity index (χ4n) is 1.92. The van der Waals surface area contributed by atoms with E-state index in [0.29, 0.717) is 0 Å². The normalized spacial score (nSPS) is 12.8. The van der Waals surface area contributed by atoms with Gasteiger partial charge in [-0.05, 0) is 50.6 Å². The van der Waals surface area contributed by atoms with Gasteiger partial charge in [-0.1, -0.05) is 29.8 Å². The lowest BCUT2D eigenvalue weighted by atomic mass is 9.84. The highest BCUT2D eigenvalue weighted by molar-refractivity contribution is 9.10. The topological polar surface area (TPSA) is 38.0 Å². The third kappa shape index (κ3) is 5.59. The third-order valence-electron chi connectivity index (χ3n) is 3.17. The van der Waals surface area contributed by atoms with Gasteiger partial charge in [0.2, 0.25) is 0 Å². The zero-order valence-corrected chi connectivity index (χ0v) is 13.8. The van der Waals surface area contributed by atoms with Crippen LogP contribution in [0.4, 0.5) is 4.39 Å². The van der Waals surface area contributed by atoms with Gasteiger partial charge < -0.3 is 11.1 Å². The Balaban J connectivity index is 2.63. The molecule has 1 aromatic carbocycles. The number of benzene rings is 1. The summed E-state index contributed by atoms with van der Waals surface area (Å²) in [5.74, 6) is -0.158. The second kappa shape index (κ2) is 6.33. The predicted molar refractivity (Wildman–Crippen MR) is 82.9 cm³/mol. The first-order chi connectivity index (χ1) is 8.62. The number of nitrogens with one attached hydrogen (secondary N) is 1. The summed E-state index contributed by atoms with van der Waals surface area (Å²) in [6.45, 7) is 9.65. The standard InChI is InChI=1S/C15H24BrFN2/c1-14(2,10-19-8-7-15(3,4)18)12-9-11(16)5-6-13(12)17/h5-6,9,19H,7-8,10,18H2,1-4H3. The first kappa shape index (κ1) is 16.6. The summed E-state index contributed by atoms with van der Waals surface area (Å²) >= 11 is 3.39. The van der Waals surface area contributed by atoms with Gasteiger partial charge in [0.1, 0.15) is 5.82 Å². The predicted octanol–water partition coefficient (Wildman–Crippen LogP) is 3.58. The maximum absolute atomic E-state index is 13.9. The van der Waals surface area contributed by atoms with E-state index in [1.807, 2.05) is 33.8 Å². The molecule has 1 aromatic rings. The van der Waals surface area contributed by atoms with Crippen LogP contribution in [0.5, 0.6) is 0 Å². The maximum atomic E-state index is 13.9. The van der Waals surface area contributed by atoms with E-state index in [-0.39, 0.29) is 16.8 Å². The minimum absolute atomic E-state index is 0.158. The lowest BCUT2D eigenvalue weighted by Crippen LogP contribution is -2.39. The molecule has 4 heteroatoms. The number of nitrogens with two attached hydrogens (primary N) is 1. The van der Waals surface area contributed by atoms with Crippen molar-refractivity contribution in [2.24, 2.45) is 5.73 Å². The fourth-order valence-corrected chi connectivity index (χ4v) is 2.28. The lowest BCUT2D eigenvalue weighted by Gasteiger charge is -2.27. The van der Waals surface area contributed by atoms with Gasteiger partial charge in [0, 0.05) is 22.0 Å². The van der Waals surface area contributed by atoms with Crippen LogP contribution in [0.1, 0.15) is 39.7 Å². The molecule has 0 amide bonds. The Morgan fingerprint density at radius 1 is 1.26 bits per heavy atom. The molecule has 0 spiro atoms. The van der Waals surface area contributed by atoms with E-state index in [1.165, 1.54) is 6.07 Å². The first-order valence-corrected chi connectivity index (χ1v) is 7.36. The van der Waals surface area contributed by atoms with Crippen molar-refractivity contribution in [1.29, 1.82) is 0 Å². The number of hydrogen-bond acceptors (Lipinski definition) is 2. The van der Waals surface area contributed by atoms with E-state index in [4.69, 9.17) is 5.73 Å². The van der Waals surface area contributed by atoms with E-state index in [0.717, 1.165) is 29.5 Å². The summed E-state index contributed by atoms with van der Waals surface area (Å²) in [7, 11) is 0. The van der Waals surface area contributed by atoms with Crippen molar-refractivity contribution in [1.82, 2.24) is 5.32 Å². The van der Waals surface area contributed by atoms with Crippen LogP contribution in [0.15, 0.2) is 22.7 Å². The average Bonchev–Trinajstić information content (AvgIpc) is 2.26. The molecule has 0 heterocycles. The Bertz CT molecular complexity index is 425. The van der Waals surface area contributed by atoms with Crippen LogP contribution in [-0.2, 0) is 5.41 Å². The van der Waals surface area contributed by atoms with Gasteiger partial charge in [0.05, 0.1) is 0 Å². The van der Waals surface area contributed by atoms with E-state index in [9.17, 15) is 4.39 Å². The first-order valence-electron chi connectivity index (χ1n) is 6.57. The molecule has 0 aliphatic rings. The molecule has 0 unspecified atom stereocenters. The van der Waals surface area contributed by atoms with E-state index < -0.39 is 0 Å². The summed E-state index contributed by atoms with van der Waals surface area (Å²) in [5.41, 5.74) is 6.23. The highest BCUT2D eigenvalue weighted by Crippen LogP contribution is 2.27. The van der Waals surface area contributed by atoms with E-state index >= 15 is 0 Å². The van der Waals surface area contributed by atoms with Gasteiger partial charge in [-0.25, -0.2) is 4.39 Å². The van der Waals surface area contributed by atoms with Crippen LogP contribution < -0.4 is 11.1 Å². The summed E-state index contributed by atoms with van der Waals surface area (Å²) in [6, 6.07) is 5.08. The van der Waals surface area contributed by atoms with Crippen LogP contribution in [0, 0.1) is 5.82 Å². The van der Waals surface area contributed by atoms with Crippen LogP contribution in [-0.4, -0.2) is 18.6 Å². The van der Waals surface area contributed by atoms with Gasteiger partial charge >= 0.3 is 0 Å². The molecular weight excluding hydrogens is 307 g/mol. The molecule has 108 valence electrons. The van der Waals surface area contributed by atoms with Crippen LogP contribution in [0.2, 0.25) is 0 Å². The average molecular weight is 331 g/mol. The van der Waals surface area contributed by atoms with Crippen molar-refractivity contribution in [2.75, 3.05) is 13.1 Å². The summed E-state index contributed by atoms with van der Waals surface area (Å²) in [5, 5.41) is 3.37. The molecule has 2 nitrogen and oxygen atoms in total. The molecule has 0 fully saturated rings. The SMILES string of the molecule is CC(C)(N)CCNCC(C)(C)c1cc(Br)ccc1F. The quantitative estimate of drug-likeness (QED) is 0.782. The smallest absolute Gasteiger partial charge is 0.127 e. The van der Waals surface area contributed by atoms with Crippen LogP contribution >= 0.6 is 15.9 Å². The van der Waals surface area contributed by atoms with E-state index in [2.05, 4.69) is 21.2 Å². The summed E-state index contributed by atoms with van der Waals surface area (Å²) < 4.78 is 14.8. The second-order valence-electron chi connectivity index (χ2n) is 6.42. The highest BCUT2D eigenvalue weighted by atomic mass is 79.9. The van der Waals surface area contributed by atoms with Crippen molar-refractivity contribution < 1.29 is 4.39 Å². The molecule has 0 aromatic heterocycles. The second-order valence-corrected chi connectivity index (χ2v) is 7.34. The molecule has 0 saturated carbocycles. The summed E-state index contributed by atoms with van der Waals surface area (Å²) in [4.78, 5) is 0. The Hall–Kier alpha value is -0.450. The number of hydrogen-bond donors (Lipinski definition) is 2. The Morgan fingerprint density at radius 2 is 1.89 bits per heavy atom. The molecule has 0 aliphatic carbocycles. The van der Waals surface area contributed by atoms with Gasteiger partial charge in [0.15, 0.2) is 0 Å². The molecule has 0 bridgehead atoms. The maximum Gasteiger partial charge on any atom is 0.127 e. The summed E-state index contributed by atoms with van der Waals surface area (Å²) in [6.07, 6.45) is 0.893.